The van der Waals surface area contributed by atoms with E-state index in [-0.39, 0.29) is 22.8 Å². The molecule has 0 spiro atoms. The van der Waals surface area contributed by atoms with Crippen molar-refractivity contribution in [3.63, 3.8) is 0 Å². The number of para-hydroxylation sites is 2. The van der Waals surface area contributed by atoms with Gasteiger partial charge in [0.2, 0.25) is 0 Å². The Morgan fingerprint density at radius 2 is 1.53 bits per heavy atom. The topological polar surface area (TPSA) is 80.9 Å². The average molecular weight is 258 g/mol. The van der Waals surface area contributed by atoms with E-state index in [1.165, 1.54) is 30.3 Å². The van der Waals surface area contributed by atoms with Crippen LogP contribution in [-0.2, 0) is 0 Å². The summed E-state index contributed by atoms with van der Waals surface area (Å²) >= 11 is 0. The Hall–Kier alpha value is -2.46. The van der Waals surface area contributed by atoms with Gasteiger partial charge in [0.25, 0.3) is 0 Å². The molecule has 0 amide bonds. The molecule has 0 saturated heterocycles. The van der Waals surface area contributed by atoms with E-state index in [4.69, 9.17) is 0 Å². The number of aromatic hydroxyl groups is 3. The van der Waals surface area contributed by atoms with Crippen molar-refractivity contribution >= 4 is 6.08 Å². The lowest BCUT2D eigenvalue weighted by molar-refractivity contribution is 0.223. The van der Waals surface area contributed by atoms with Gasteiger partial charge in [-0.1, -0.05) is 42.5 Å². The number of benzene rings is 2. The van der Waals surface area contributed by atoms with Gasteiger partial charge in [-0.15, -0.1) is 0 Å². The minimum Gasteiger partial charge on any atom is -0.507 e. The highest BCUT2D eigenvalue weighted by molar-refractivity contribution is 5.58. The van der Waals surface area contributed by atoms with Crippen LogP contribution in [0.5, 0.6) is 17.2 Å². The fraction of sp³-hybridized carbons (Fsp3) is 0.0667. The van der Waals surface area contributed by atoms with Crippen LogP contribution in [0.25, 0.3) is 6.08 Å². The first kappa shape index (κ1) is 13.0. The second-order valence-corrected chi connectivity index (χ2v) is 4.08. The van der Waals surface area contributed by atoms with E-state index in [9.17, 15) is 20.4 Å². The summed E-state index contributed by atoms with van der Waals surface area (Å²) in [6.45, 7) is 0. The minimum absolute atomic E-state index is 0.103. The summed E-state index contributed by atoms with van der Waals surface area (Å²) in [7, 11) is 0. The molecular formula is C15H14O4. The molecule has 0 saturated carbocycles. The Morgan fingerprint density at radius 3 is 2.26 bits per heavy atom. The van der Waals surface area contributed by atoms with Gasteiger partial charge >= 0.3 is 0 Å². The molecule has 1 atom stereocenters. The maximum atomic E-state index is 9.94. The average Bonchev–Trinajstić information content (AvgIpc) is 2.40. The molecule has 0 aromatic heterocycles. The van der Waals surface area contributed by atoms with Crippen molar-refractivity contribution in [2.45, 2.75) is 6.10 Å². The Balaban J connectivity index is 2.24. The van der Waals surface area contributed by atoms with Crippen LogP contribution >= 0.6 is 0 Å². The highest BCUT2D eigenvalue weighted by Crippen LogP contribution is 2.33. The number of aliphatic hydroxyl groups excluding tert-OH is 1. The zero-order valence-electron chi connectivity index (χ0n) is 10.1. The first-order valence-corrected chi connectivity index (χ1v) is 5.74. The van der Waals surface area contributed by atoms with E-state index in [1.54, 1.807) is 24.3 Å². The van der Waals surface area contributed by atoms with E-state index < -0.39 is 6.10 Å². The first-order valence-electron chi connectivity index (χ1n) is 5.74. The van der Waals surface area contributed by atoms with E-state index >= 15 is 0 Å². The van der Waals surface area contributed by atoms with Crippen LogP contribution in [0.15, 0.2) is 48.5 Å². The molecule has 2 aromatic rings. The summed E-state index contributed by atoms with van der Waals surface area (Å²) < 4.78 is 0. The third kappa shape index (κ3) is 2.86. The van der Waals surface area contributed by atoms with Crippen LogP contribution in [0, 0.1) is 0 Å². The van der Waals surface area contributed by atoms with Crippen molar-refractivity contribution in [2.24, 2.45) is 0 Å². The summed E-state index contributed by atoms with van der Waals surface area (Å²) in [5, 5.41) is 38.5. The quantitative estimate of drug-likeness (QED) is 0.638. The molecule has 0 fully saturated rings. The van der Waals surface area contributed by atoms with Crippen LogP contribution in [0.4, 0.5) is 0 Å². The van der Waals surface area contributed by atoms with Crippen molar-refractivity contribution in [1.82, 2.24) is 0 Å². The number of aliphatic hydroxyl groups is 1. The summed E-state index contributed by atoms with van der Waals surface area (Å²) in [4.78, 5) is 0. The Labute approximate surface area is 110 Å². The number of hydrogen-bond donors (Lipinski definition) is 4. The summed E-state index contributed by atoms with van der Waals surface area (Å²) in [5.74, 6) is -0.532. The second kappa shape index (κ2) is 5.46. The molecule has 2 aromatic carbocycles. The van der Waals surface area contributed by atoms with Gasteiger partial charge in [-0.05, 0) is 12.1 Å². The molecule has 2 rings (SSSR count). The lowest BCUT2D eigenvalue weighted by atomic mass is 10.1. The smallest absolute Gasteiger partial charge is 0.163 e. The monoisotopic (exact) mass is 258 g/mol. The molecule has 19 heavy (non-hydrogen) atoms. The van der Waals surface area contributed by atoms with Gasteiger partial charge in [0.15, 0.2) is 11.5 Å². The van der Waals surface area contributed by atoms with Crippen LogP contribution in [0.2, 0.25) is 0 Å². The predicted molar refractivity (Wildman–Crippen MR) is 71.9 cm³/mol. The van der Waals surface area contributed by atoms with Crippen molar-refractivity contribution in [3.05, 3.63) is 59.7 Å². The summed E-state index contributed by atoms with van der Waals surface area (Å²) in [6.07, 6.45) is 1.89. The molecule has 0 aliphatic heterocycles. The van der Waals surface area contributed by atoms with E-state index in [2.05, 4.69) is 0 Å². The number of phenolic OH excluding ortho intramolecular Hbond substituents is 3. The molecule has 4 heteroatoms. The van der Waals surface area contributed by atoms with E-state index in [1.807, 2.05) is 0 Å². The third-order valence-electron chi connectivity index (χ3n) is 2.76. The van der Waals surface area contributed by atoms with Gasteiger partial charge in [-0.3, -0.25) is 0 Å². The summed E-state index contributed by atoms with van der Waals surface area (Å²) in [6, 6.07) is 11.1. The van der Waals surface area contributed by atoms with Crippen molar-refractivity contribution in [2.75, 3.05) is 0 Å². The van der Waals surface area contributed by atoms with Crippen LogP contribution in [0.3, 0.4) is 0 Å². The van der Waals surface area contributed by atoms with Gasteiger partial charge in [0.1, 0.15) is 11.9 Å². The molecular weight excluding hydrogens is 244 g/mol. The van der Waals surface area contributed by atoms with Gasteiger partial charge in [0, 0.05) is 11.1 Å². The maximum Gasteiger partial charge on any atom is 0.163 e. The van der Waals surface area contributed by atoms with Crippen LogP contribution in [-0.4, -0.2) is 20.4 Å². The second-order valence-electron chi connectivity index (χ2n) is 4.08. The number of rotatable bonds is 3. The SMILES string of the molecule is Oc1ccccc1/C=C/C(O)c1cccc(O)c1O. The standard InChI is InChI=1S/C15H14O4/c16-12-6-2-1-4-10(12)8-9-13(17)11-5-3-7-14(18)15(11)19/h1-9,13,16-19H/b9-8+. The molecule has 0 heterocycles. The molecule has 98 valence electrons. The summed E-state index contributed by atoms with van der Waals surface area (Å²) in [5.41, 5.74) is 0.757. The van der Waals surface area contributed by atoms with E-state index in [0.29, 0.717) is 5.56 Å². The maximum absolute atomic E-state index is 9.94. The Bertz CT molecular complexity index is 605. The highest BCUT2D eigenvalue weighted by Gasteiger charge is 2.12. The highest BCUT2D eigenvalue weighted by atomic mass is 16.3. The van der Waals surface area contributed by atoms with E-state index in [0.717, 1.165) is 0 Å². The van der Waals surface area contributed by atoms with Gasteiger partial charge in [-0.25, -0.2) is 0 Å². The predicted octanol–water partition coefficient (Wildman–Crippen LogP) is 2.55. The van der Waals surface area contributed by atoms with Gasteiger partial charge in [0.05, 0.1) is 0 Å². The molecule has 0 radical (unpaired) electrons. The fourth-order valence-corrected chi connectivity index (χ4v) is 1.71. The Morgan fingerprint density at radius 1 is 0.842 bits per heavy atom. The van der Waals surface area contributed by atoms with Gasteiger partial charge in [-0.2, -0.15) is 0 Å². The molecule has 0 aliphatic carbocycles. The lowest BCUT2D eigenvalue weighted by Crippen LogP contribution is -1.93. The first-order chi connectivity index (χ1) is 9.09. The minimum atomic E-state index is -1.08. The Kier molecular flexibility index (Phi) is 3.73. The third-order valence-corrected chi connectivity index (χ3v) is 2.76. The molecule has 4 N–H and O–H groups in total. The lowest BCUT2D eigenvalue weighted by Gasteiger charge is -2.09. The normalized spacial score (nSPS) is 12.7. The molecule has 4 nitrogen and oxygen atoms in total. The largest absolute Gasteiger partial charge is 0.507 e. The van der Waals surface area contributed by atoms with Crippen LogP contribution in [0.1, 0.15) is 17.2 Å². The zero-order valence-corrected chi connectivity index (χ0v) is 10.1. The number of phenols is 3. The van der Waals surface area contributed by atoms with Gasteiger partial charge < -0.3 is 20.4 Å². The van der Waals surface area contributed by atoms with Crippen molar-refractivity contribution in [3.8, 4) is 17.2 Å². The van der Waals surface area contributed by atoms with Crippen molar-refractivity contribution in [1.29, 1.82) is 0 Å². The number of hydrogen-bond acceptors (Lipinski definition) is 4. The molecule has 0 bridgehead atoms. The molecule has 0 aliphatic rings. The van der Waals surface area contributed by atoms with Crippen molar-refractivity contribution < 1.29 is 20.4 Å². The van der Waals surface area contributed by atoms with Crippen LogP contribution < -0.4 is 0 Å². The fourth-order valence-electron chi connectivity index (χ4n) is 1.71. The molecule has 1 unspecified atom stereocenters. The zero-order chi connectivity index (χ0) is 13.8.